The molecule has 19 heavy (non-hydrogen) atoms. The summed E-state index contributed by atoms with van der Waals surface area (Å²) in [5.41, 5.74) is -0.728. The van der Waals surface area contributed by atoms with E-state index < -0.39 is 11.7 Å². The van der Waals surface area contributed by atoms with Gasteiger partial charge in [0.25, 0.3) is 0 Å². The first kappa shape index (κ1) is 16.0. The van der Waals surface area contributed by atoms with Crippen LogP contribution in [0.4, 0.5) is 13.2 Å². The topological polar surface area (TPSA) is 34.1 Å². The molecule has 1 atom stereocenters. The van der Waals surface area contributed by atoms with Gasteiger partial charge in [0.05, 0.1) is 12.2 Å². The van der Waals surface area contributed by atoms with Crippen LogP contribution in [0.5, 0.6) is 5.88 Å². The van der Waals surface area contributed by atoms with Crippen LogP contribution < -0.4 is 10.1 Å². The first-order valence-electron chi connectivity index (χ1n) is 5.92. The first-order chi connectivity index (χ1) is 8.55. The molecule has 1 saturated heterocycles. The molecular formula is C12H16ClF3N2O. The molecule has 1 N–H and O–H groups in total. The second kappa shape index (κ2) is 6.96. The van der Waals surface area contributed by atoms with E-state index in [1.165, 1.54) is 0 Å². The van der Waals surface area contributed by atoms with Crippen molar-refractivity contribution in [2.45, 2.75) is 19.0 Å². The number of piperidine rings is 1. The zero-order valence-corrected chi connectivity index (χ0v) is 11.1. The van der Waals surface area contributed by atoms with Gasteiger partial charge in [0.15, 0.2) is 0 Å². The van der Waals surface area contributed by atoms with Crippen molar-refractivity contribution in [2.24, 2.45) is 5.92 Å². The smallest absolute Gasteiger partial charge is 0.416 e. The molecular weight excluding hydrogens is 281 g/mol. The third-order valence-corrected chi connectivity index (χ3v) is 2.93. The summed E-state index contributed by atoms with van der Waals surface area (Å²) in [5.74, 6) is 0.380. The molecule has 1 aromatic rings. The molecule has 1 unspecified atom stereocenters. The third kappa shape index (κ3) is 4.87. The lowest BCUT2D eigenvalue weighted by Crippen LogP contribution is -2.33. The molecule has 0 radical (unpaired) electrons. The maximum Gasteiger partial charge on any atom is 0.416 e. The predicted octanol–water partition coefficient (Wildman–Crippen LogP) is 2.90. The van der Waals surface area contributed by atoms with E-state index in [0.29, 0.717) is 12.5 Å². The van der Waals surface area contributed by atoms with Crippen molar-refractivity contribution in [1.82, 2.24) is 10.3 Å². The van der Waals surface area contributed by atoms with Crippen molar-refractivity contribution in [3.05, 3.63) is 23.9 Å². The lowest BCUT2D eigenvalue weighted by Gasteiger charge is -2.22. The molecule has 0 spiro atoms. The number of aromatic nitrogens is 1. The van der Waals surface area contributed by atoms with Crippen LogP contribution in [-0.2, 0) is 6.18 Å². The van der Waals surface area contributed by atoms with E-state index in [-0.39, 0.29) is 18.3 Å². The Hall–Kier alpha value is -1.01. The molecule has 1 fully saturated rings. The van der Waals surface area contributed by atoms with Crippen molar-refractivity contribution in [2.75, 3.05) is 19.7 Å². The molecule has 2 heterocycles. The van der Waals surface area contributed by atoms with Gasteiger partial charge in [-0.3, -0.25) is 0 Å². The van der Waals surface area contributed by atoms with Crippen molar-refractivity contribution in [3.8, 4) is 5.88 Å². The molecule has 108 valence electrons. The summed E-state index contributed by atoms with van der Waals surface area (Å²) < 4.78 is 42.7. The number of ether oxygens (including phenoxy) is 1. The Morgan fingerprint density at radius 2 is 2.21 bits per heavy atom. The molecule has 2 rings (SSSR count). The van der Waals surface area contributed by atoms with Gasteiger partial charge < -0.3 is 10.1 Å². The van der Waals surface area contributed by atoms with Gasteiger partial charge in [-0.05, 0) is 25.5 Å². The van der Waals surface area contributed by atoms with Crippen LogP contribution in [0.15, 0.2) is 18.3 Å². The van der Waals surface area contributed by atoms with E-state index in [4.69, 9.17) is 4.74 Å². The van der Waals surface area contributed by atoms with Crippen LogP contribution in [0.2, 0.25) is 0 Å². The fraction of sp³-hybridized carbons (Fsp3) is 0.583. The predicted molar refractivity (Wildman–Crippen MR) is 67.6 cm³/mol. The van der Waals surface area contributed by atoms with Crippen LogP contribution in [0.3, 0.4) is 0 Å². The van der Waals surface area contributed by atoms with E-state index in [0.717, 1.165) is 44.3 Å². The highest BCUT2D eigenvalue weighted by Gasteiger charge is 2.31. The highest BCUT2D eigenvalue weighted by Crippen LogP contribution is 2.30. The highest BCUT2D eigenvalue weighted by atomic mass is 35.5. The van der Waals surface area contributed by atoms with E-state index in [2.05, 4.69) is 10.3 Å². The zero-order chi connectivity index (χ0) is 13.0. The normalized spacial score (nSPS) is 19.6. The number of nitrogens with zero attached hydrogens (tertiary/aromatic N) is 1. The molecule has 0 aliphatic carbocycles. The van der Waals surface area contributed by atoms with Crippen molar-refractivity contribution >= 4 is 12.4 Å². The van der Waals surface area contributed by atoms with E-state index in [9.17, 15) is 13.2 Å². The third-order valence-electron chi connectivity index (χ3n) is 2.93. The van der Waals surface area contributed by atoms with Crippen LogP contribution in [0, 0.1) is 5.92 Å². The Kier molecular flexibility index (Phi) is 5.87. The quantitative estimate of drug-likeness (QED) is 0.931. The van der Waals surface area contributed by atoms with Gasteiger partial charge in [-0.2, -0.15) is 13.2 Å². The van der Waals surface area contributed by atoms with Gasteiger partial charge >= 0.3 is 6.18 Å². The maximum atomic E-state index is 12.5. The molecule has 7 heteroatoms. The number of hydrogen-bond acceptors (Lipinski definition) is 3. The summed E-state index contributed by atoms with van der Waals surface area (Å²) in [5, 5.41) is 3.23. The Morgan fingerprint density at radius 1 is 1.42 bits per heavy atom. The number of rotatable bonds is 3. The van der Waals surface area contributed by atoms with Gasteiger partial charge in [-0.25, -0.2) is 4.98 Å². The second-order valence-electron chi connectivity index (χ2n) is 4.40. The van der Waals surface area contributed by atoms with Gasteiger partial charge in [-0.15, -0.1) is 12.4 Å². The molecule has 0 bridgehead atoms. The molecule has 1 aliphatic rings. The van der Waals surface area contributed by atoms with Crippen molar-refractivity contribution in [1.29, 1.82) is 0 Å². The fourth-order valence-corrected chi connectivity index (χ4v) is 1.93. The van der Waals surface area contributed by atoms with Crippen molar-refractivity contribution in [3.63, 3.8) is 0 Å². The standard InChI is InChI=1S/C12H15F3N2O.ClH/c13-12(14,15)10-3-5-17-11(6-10)18-8-9-2-1-4-16-7-9;/h3,5-6,9,16H,1-2,4,7-8H2;1H. The summed E-state index contributed by atoms with van der Waals surface area (Å²) in [4.78, 5) is 3.79. The highest BCUT2D eigenvalue weighted by molar-refractivity contribution is 5.85. The summed E-state index contributed by atoms with van der Waals surface area (Å²) >= 11 is 0. The number of alkyl halides is 3. The second-order valence-corrected chi connectivity index (χ2v) is 4.40. The summed E-state index contributed by atoms with van der Waals surface area (Å²) in [6.45, 7) is 2.25. The monoisotopic (exact) mass is 296 g/mol. The largest absolute Gasteiger partial charge is 0.477 e. The minimum atomic E-state index is -4.35. The average Bonchev–Trinajstić information content (AvgIpc) is 2.37. The van der Waals surface area contributed by atoms with Gasteiger partial charge in [0, 0.05) is 24.7 Å². The molecule has 0 aromatic carbocycles. The first-order valence-corrected chi connectivity index (χ1v) is 5.92. The van der Waals surface area contributed by atoms with E-state index in [1.807, 2.05) is 0 Å². The number of pyridine rings is 1. The lowest BCUT2D eigenvalue weighted by atomic mass is 10.0. The van der Waals surface area contributed by atoms with Gasteiger partial charge in [0.2, 0.25) is 5.88 Å². The average molecular weight is 297 g/mol. The summed E-state index contributed by atoms with van der Waals surface area (Å²) in [6, 6.07) is 1.88. The van der Waals surface area contributed by atoms with E-state index in [1.54, 1.807) is 0 Å². The minimum absolute atomic E-state index is 0. The zero-order valence-electron chi connectivity index (χ0n) is 10.2. The Balaban J connectivity index is 0.00000180. The van der Waals surface area contributed by atoms with Gasteiger partial charge in [0.1, 0.15) is 0 Å². The lowest BCUT2D eigenvalue weighted by molar-refractivity contribution is -0.137. The Labute approximate surface area is 116 Å². The molecule has 1 aliphatic heterocycles. The Morgan fingerprint density at radius 3 is 2.84 bits per heavy atom. The number of halogens is 4. The molecule has 0 amide bonds. The Bertz CT molecular complexity index is 395. The van der Waals surface area contributed by atoms with Crippen LogP contribution in [0.25, 0.3) is 0 Å². The maximum absolute atomic E-state index is 12.5. The molecule has 1 aromatic heterocycles. The minimum Gasteiger partial charge on any atom is -0.477 e. The van der Waals surface area contributed by atoms with Crippen LogP contribution >= 0.6 is 12.4 Å². The SMILES string of the molecule is Cl.FC(F)(F)c1ccnc(OCC2CCCNC2)c1. The van der Waals surface area contributed by atoms with Crippen LogP contribution in [-0.4, -0.2) is 24.7 Å². The summed E-state index contributed by atoms with van der Waals surface area (Å²) in [6.07, 6.45) is -1.12. The number of hydrogen-bond donors (Lipinski definition) is 1. The molecule has 3 nitrogen and oxygen atoms in total. The van der Waals surface area contributed by atoms with Gasteiger partial charge in [-0.1, -0.05) is 0 Å². The van der Waals surface area contributed by atoms with Crippen LogP contribution in [0.1, 0.15) is 18.4 Å². The fourth-order valence-electron chi connectivity index (χ4n) is 1.93. The van der Waals surface area contributed by atoms with Crippen molar-refractivity contribution < 1.29 is 17.9 Å². The van der Waals surface area contributed by atoms with E-state index >= 15 is 0 Å². The summed E-state index contributed by atoms with van der Waals surface area (Å²) in [7, 11) is 0. The molecule has 0 saturated carbocycles. The number of nitrogens with one attached hydrogen (secondary N) is 1.